The van der Waals surface area contributed by atoms with Gasteiger partial charge in [0.15, 0.2) is 0 Å². The summed E-state index contributed by atoms with van der Waals surface area (Å²) >= 11 is 1.88. The normalized spacial score (nSPS) is 17.5. The first kappa shape index (κ1) is 12.1. The van der Waals surface area contributed by atoms with Crippen molar-refractivity contribution in [2.75, 3.05) is 0 Å². The fraction of sp³-hybridized carbons (Fsp3) is 0.769. The molecule has 2 nitrogen and oxygen atoms in total. The summed E-state index contributed by atoms with van der Waals surface area (Å²) in [5, 5.41) is 4.94. The van der Waals surface area contributed by atoms with E-state index in [2.05, 4.69) is 31.1 Å². The lowest BCUT2D eigenvalue weighted by Crippen LogP contribution is -2.25. The fourth-order valence-electron chi connectivity index (χ4n) is 2.23. The minimum Gasteiger partial charge on any atom is -0.309 e. The molecule has 1 N–H and O–H groups in total. The van der Waals surface area contributed by atoms with E-state index < -0.39 is 0 Å². The van der Waals surface area contributed by atoms with Crippen LogP contribution in [0.2, 0.25) is 0 Å². The molecule has 0 atom stereocenters. The molecule has 0 aromatic carbocycles. The van der Waals surface area contributed by atoms with Crippen molar-refractivity contribution in [2.45, 2.75) is 65.0 Å². The van der Waals surface area contributed by atoms with Crippen LogP contribution in [-0.2, 0) is 6.54 Å². The second-order valence-corrected chi connectivity index (χ2v) is 6.19. The first-order valence-corrected chi connectivity index (χ1v) is 7.18. The average molecular weight is 238 g/mol. The van der Waals surface area contributed by atoms with E-state index in [1.165, 1.54) is 41.3 Å². The van der Waals surface area contributed by atoms with E-state index in [1.807, 2.05) is 11.3 Å². The molecule has 1 fully saturated rings. The van der Waals surface area contributed by atoms with Gasteiger partial charge in [-0.2, -0.15) is 0 Å². The molecule has 16 heavy (non-hydrogen) atoms. The van der Waals surface area contributed by atoms with Gasteiger partial charge in [-0.25, -0.2) is 4.98 Å². The number of hydrogen-bond acceptors (Lipinski definition) is 3. The van der Waals surface area contributed by atoms with E-state index >= 15 is 0 Å². The Morgan fingerprint density at radius 2 is 2.06 bits per heavy atom. The third kappa shape index (κ3) is 2.83. The van der Waals surface area contributed by atoms with E-state index in [4.69, 9.17) is 0 Å². The van der Waals surface area contributed by atoms with E-state index in [0.717, 1.165) is 12.6 Å². The molecule has 3 heteroatoms. The Balaban J connectivity index is 1.92. The summed E-state index contributed by atoms with van der Waals surface area (Å²) in [7, 11) is 0. The zero-order chi connectivity index (χ0) is 11.5. The summed E-state index contributed by atoms with van der Waals surface area (Å²) in [6, 6.07) is 0.754. The Kier molecular flexibility index (Phi) is 3.98. The van der Waals surface area contributed by atoms with Crippen LogP contribution in [0, 0.1) is 6.92 Å². The van der Waals surface area contributed by atoms with Crippen LogP contribution in [0.1, 0.15) is 61.0 Å². The van der Waals surface area contributed by atoms with Gasteiger partial charge < -0.3 is 5.32 Å². The largest absolute Gasteiger partial charge is 0.309 e. The molecule has 0 amide bonds. The molecule has 1 aromatic rings. The molecule has 0 unspecified atom stereocenters. The number of aryl methyl sites for hydroxylation is 1. The summed E-state index contributed by atoms with van der Waals surface area (Å²) in [5.74, 6) is 0.559. The van der Waals surface area contributed by atoms with Gasteiger partial charge in [-0.05, 0) is 19.8 Å². The maximum atomic E-state index is 4.63. The number of thiazole rings is 1. The predicted molar refractivity (Wildman–Crippen MR) is 70.0 cm³/mol. The van der Waals surface area contributed by atoms with Crippen LogP contribution < -0.4 is 5.32 Å². The molecular formula is C13H22N2S. The molecule has 0 radical (unpaired) electrons. The molecule has 1 saturated carbocycles. The second kappa shape index (κ2) is 5.28. The molecule has 0 bridgehead atoms. The molecule has 1 aliphatic carbocycles. The van der Waals surface area contributed by atoms with Gasteiger partial charge in [-0.1, -0.05) is 26.7 Å². The third-order valence-corrected chi connectivity index (χ3v) is 4.77. The summed E-state index contributed by atoms with van der Waals surface area (Å²) in [6.45, 7) is 7.58. The highest BCUT2D eigenvalue weighted by Crippen LogP contribution is 2.25. The van der Waals surface area contributed by atoms with Gasteiger partial charge in [0.05, 0.1) is 10.7 Å². The molecule has 0 saturated heterocycles. The lowest BCUT2D eigenvalue weighted by atomic mass is 10.2. The Labute approximate surface area is 102 Å². The van der Waals surface area contributed by atoms with E-state index in [1.54, 1.807) is 0 Å². The summed E-state index contributed by atoms with van der Waals surface area (Å²) in [5.41, 5.74) is 1.22. The van der Waals surface area contributed by atoms with Crippen LogP contribution in [0.3, 0.4) is 0 Å². The minimum atomic E-state index is 0.559. The highest BCUT2D eigenvalue weighted by Gasteiger charge is 2.16. The Morgan fingerprint density at radius 3 is 2.62 bits per heavy atom. The Bertz CT molecular complexity index is 338. The summed E-state index contributed by atoms with van der Waals surface area (Å²) in [6.07, 6.45) is 5.51. The SMILES string of the molecule is Cc1nc(C(C)C)sc1CNC1CCCC1. The molecule has 0 spiro atoms. The van der Waals surface area contributed by atoms with Crippen molar-refractivity contribution in [1.82, 2.24) is 10.3 Å². The zero-order valence-corrected chi connectivity index (χ0v) is 11.4. The Hall–Kier alpha value is -0.410. The van der Waals surface area contributed by atoms with Crippen LogP contribution in [-0.4, -0.2) is 11.0 Å². The van der Waals surface area contributed by atoms with E-state index in [-0.39, 0.29) is 0 Å². The van der Waals surface area contributed by atoms with Crippen LogP contribution in [0.4, 0.5) is 0 Å². The zero-order valence-electron chi connectivity index (χ0n) is 10.5. The lowest BCUT2D eigenvalue weighted by Gasteiger charge is -2.10. The molecule has 1 aliphatic rings. The average Bonchev–Trinajstić information content (AvgIpc) is 2.84. The molecule has 90 valence electrons. The van der Waals surface area contributed by atoms with Crippen LogP contribution in [0.15, 0.2) is 0 Å². The van der Waals surface area contributed by atoms with Crippen molar-refractivity contribution in [1.29, 1.82) is 0 Å². The van der Waals surface area contributed by atoms with Crippen molar-refractivity contribution < 1.29 is 0 Å². The number of nitrogens with zero attached hydrogens (tertiary/aromatic N) is 1. The van der Waals surface area contributed by atoms with Crippen molar-refractivity contribution in [3.05, 3.63) is 15.6 Å². The predicted octanol–water partition coefficient (Wildman–Crippen LogP) is 3.61. The van der Waals surface area contributed by atoms with Gasteiger partial charge in [0.2, 0.25) is 0 Å². The van der Waals surface area contributed by atoms with Crippen molar-refractivity contribution in [3.8, 4) is 0 Å². The van der Waals surface area contributed by atoms with Gasteiger partial charge >= 0.3 is 0 Å². The van der Waals surface area contributed by atoms with Gasteiger partial charge in [-0.3, -0.25) is 0 Å². The van der Waals surface area contributed by atoms with E-state index in [0.29, 0.717) is 5.92 Å². The summed E-state index contributed by atoms with van der Waals surface area (Å²) < 4.78 is 0. The van der Waals surface area contributed by atoms with Gasteiger partial charge in [-0.15, -0.1) is 11.3 Å². The maximum absolute atomic E-state index is 4.63. The molecule has 0 aliphatic heterocycles. The van der Waals surface area contributed by atoms with Gasteiger partial charge in [0.25, 0.3) is 0 Å². The first-order chi connectivity index (χ1) is 7.66. The second-order valence-electron chi connectivity index (χ2n) is 5.08. The Morgan fingerprint density at radius 1 is 1.38 bits per heavy atom. The smallest absolute Gasteiger partial charge is 0.0956 e. The monoisotopic (exact) mass is 238 g/mol. The molecule has 1 aromatic heterocycles. The van der Waals surface area contributed by atoms with Crippen molar-refractivity contribution in [3.63, 3.8) is 0 Å². The van der Waals surface area contributed by atoms with Gasteiger partial charge in [0, 0.05) is 23.4 Å². The molecular weight excluding hydrogens is 216 g/mol. The maximum Gasteiger partial charge on any atom is 0.0956 e. The molecule has 1 heterocycles. The fourth-order valence-corrected chi connectivity index (χ4v) is 3.25. The quantitative estimate of drug-likeness (QED) is 0.867. The van der Waals surface area contributed by atoms with Crippen LogP contribution in [0.5, 0.6) is 0 Å². The van der Waals surface area contributed by atoms with Crippen molar-refractivity contribution >= 4 is 11.3 Å². The topological polar surface area (TPSA) is 24.9 Å². The molecule has 2 rings (SSSR count). The third-order valence-electron chi connectivity index (χ3n) is 3.31. The number of rotatable bonds is 4. The van der Waals surface area contributed by atoms with Crippen molar-refractivity contribution in [2.24, 2.45) is 0 Å². The first-order valence-electron chi connectivity index (χ1n) is 6.36. The highest BCUT2D eigenvalue weighted by molar-refractivity contribution is 7.11. The number of hydrogen-bond donors (Lipinski definition) is 1. The highest BCUT2D eigenvalue weighted by atomic mass is 32.1. The van der Waals surface area contributed by atoms with E-state index in [9.17, 15) is 0 Å². The number of aromatic nitrogens is 1. The van der Waals surface area contributed by atoms with Crippen LogP contribution >= 0.6 is 11.3 Å². The van der Waals surface area contributed by atoms with Crippen LogP contribution in [0.25, 0.3) is 0 Å². The summed E-state index contributed by atoms with van der Waals surface area (Å²) in [4.78, 5) is 6.06. The number of nitrogens with one attached hydrogen (secondary N) is 1. The standard InChI is InChI=1S/C13H22N2S/c1-9(2)13-15-10(3)12(16-13)8-14-11-6-4-5-7-11/h9,11,14H,4-8H2,1-3H3. The lowest BCUT2D eigenvalue weighted by molar-refractivity contribution is 0.526. The van der Waals surface area contributed by atoms with Gasteiger partial charge in [0.1, 0.15) is 0 Å². The minimum absolute atomic E-state index is 0.559.